The monoisotopic (exact) mass is 435 g/mol. The third-order valence-electron chi connectivity index (χ3n) is 6.12. The number of carbonyl (C=O) groups is 1. The molecule has 1 aromatic carbocycles. The highest BCUT2D eigenvalue weighted by Crippen LogP contribution is 2.44. The minimum atomic E-state index is -4.46. The number of alkyl halides is 3. The lowest BCUT2D eigenvalue weighted by atomic mass is 9.77. The second-order valence-corrected chi connectivity index (χ2v) is 8.71. The van der Waals surface area contributed by atoms with Crippen LogP contribution in [0.3, 0.4) is 0 Å². The zero-order valence-electron chi connectivity index (χ0n) is 17.1. The van der Waals surface area contributed by atoms with Gasteiger partial charge in [-0.1, -0.05) is 24.5 Å². The number of aromatic nitrogens is 2. The SMILES string of the molecule is Cc1cc(C(F)(F)F)cc(C2(Cn3cc(O)c(=O)c(C(=O)NC4CC4)n3)CCCC2)c1. The molecule has 0 saturated heterocycles. The van der Waals surface area contributed by atoms with E-state index < -0.39 is 39.9 Å². The van der Waals surface area contributed by atoms with Gasteiger partial charge in [0.2, 0.25) is 0 Å². The fraction of sp³-hybridized carbons (Fsp3) is 0.500. The molecule has 2 aromatic rings. The van der Waals surface area contributed by atoms with Gasteiger partial charge in [-0.05, 0) is 50.3 Å². The molecule has 0 bridgehead atoms. The highest BCUT2D eigenvalue weighted by atomic mass is 19.4. The minimum Gasteiger partial charge on any atom is -0.503 e. The predicted octanol–water partition coefficient (Wildman–Crippen LogP) is 3.68. The molecule has 0 atom stereocenters. The molecule has 0 radical (unpaired) electrons. The van der Waals surface area contributed by atoms with E-state index >= 15 is 0 Å². The molecule has 6 nitrogen and oxygen atoms in total. The van der Waals surface area contributed by atoms with Gasteiger partial charge in [0.15, 0.2) is 11.4 Å². The van der Waals surface area contributed by atoms with Crippen molar-refractivity contribution in [2.24, 2.45) is 0 Å². The summed E-state index contributed by atoms with van der Waals surface area (Å²) in [5.74, 6) is -1.25. The second-order valence-electron chi connectivity index (χ2n) is 8.71. The van der Waals surface area contributed by atoms with Gasteiger partial charge in [0.1, 0.15) is 0 Å². The summed E-state index contributed by atoms with van der Waals surface area (Å²) in [6, 6.07) is 4.07. The van der Waals surface area contributed by atoms with Crippen LogP contribution in [0.4, 0.5) is 13.2 Å². The molecular weight excluding hydrogens is 411 g/mol. The van der Waals surface area contributed by atoms with E-state index in [-0.39, 0.29) is 12.6 Å². The molecule has 1 amide bonds. The Balaban J connectivity index is 1.72. The smallest absolute Gasteiger partial charge is 0.416 e. The number of hydrogen-bond donors (Lipinski definition) is 2. The van der Waals surface area contributed by atoms with Gasteiger partial charge in [0, 0.05) is 11.5 Å². The van der Waals surface area contributed by atoms with Crippen LogP contribution in [-0.4, -0.2) is 26.8 Å². The van der Waals surface area contributed by atoms with Crippen LogP contribution < -0.4 is 10.7 Å². The molecule has 0 unspecified atom stereocenters. The lowest BCUT2D eigenvalue weighted by Crippen LogP contribution is -2.35. The van der Waals surface area contributed by atoms with Gasteiger partial charge >= 0.3 is 6.18 Å². The predicted molar refractivity (Wildman–Crippen MR) is 107 cm³/mol. The summed E-state index contributed by atoms with van der Waals surface area (Å²) in [6.07, 6.45) is 1.33. The van der Waals surface area contributed by atoms with E-state index in [1.165, 1.54) is 10.7 Å². The minimum absolute atomic E-state index is 0.0127. The Morgan fingerprint density at radius 2 is 1.94 bits per heavy atom. The Hall–Kier alpha value is -2.84. The highest BCUT2D eigenvalue weighted by Gasteiger charge is 2.39. The van der Waals surface area contributed by atoms with E-state index in [1.54, 1.807) is 13.0 Å². The molecule has 0 aliphatic heterocycles. The number of carbonyl (C=O) groups excluding carboxylic acids is 1. The first-order valence-electron chi connectivity index (χ1n) is 10.4. The van der Waals surface area contributed by atoms with Crippen LogP contribution in [0.1, 0.15) is 65.7 Å². The number of rotatable bonds is 5. The van der Waals surface area contributed by atoms with E-state index in [9.17, 15) is 27.9 Å². The fourth-order valence-corrected chi connectivity index (χ4v) is 4.39. The van der Waals surface area contributed by atoms with Crippen molar-refractivity contribution in [2.75, 3.05) is 0 Å². The molecule has 2 aliphatic carbocycles. The number of nitrogens with one attached hydrogen (secondary N) is 1. The topological polar surface area (TPSA) is 84.2 Å². The molecule has 1 heterocycles. The first-order chi connectivity index (χ1) is 14.6. The maximum absolute atomic E-state index is 13.4. The zero-order valence-corrected chi connectivity index (χ0v) is 17.1. The summed E-state index contributed by atoms with van der Waals surface area (Å²) in [5.41, 5.74) is -1.53. The average molecular weight is 435 g/mol. The number of aryl methyl sites for hydroxylation is 1. The molecular formula is C22H24F3N3O3. The van der Waals surface area contributed by atoms with Crippen LogP contribution in [0.15, 0.2) is 29.2 Å². The Morgan fingerprint density at radius 3 is 2.55 bits per heavy atom. The number of halogens is 3. The van der Waals surface area contributed by atoms with E-state index in [2.05, 4.69) is 10.4 Å². The summed E-state index contributed by atoms with van der Waals surface area (Å²) in [7, 11) is 0. The Kier molecular flexibility index (Phi) is 5.31. The van der Waals surface area contributed by atoms with E-state index in [4.69, 9.17) is 0 Å². The largest absolute Gasteiger partial charge is 0.503 e. The van der Waals surface area contributed by atoms with Crippen molar-refractivity contribution >= 4 is 5.91 Å². The summed E-state index contributed by atoms with van der Waals surface area (Å²) >= 11 is 0. The molecule has 166 valence electrons. The normalized spacial score (nSPS) is 18.2. The third kappa shape index (κ3) is 4.45. The molecule has 4 rings (SSSR count). The number of benzene rings is 1. The molecule has 2 saturated carbocycles. The maximum Gasteiger partial charge on any atom is 0.416 e. The van der Waals surface area contributed by atoms with Gasteiger partial charge in [-0.2, -0.15) is 18.3 Å². The van der Waals surface area contributed by atoms with Gasteiger partial charge in [-0.15, -0.1) is 0 Å². The van der Waals surface area contributed by atoms with Crippen molar-refractivity contribution < 1.29 is 23.1 Å². The summed E-state index contributed by atoms with van der Waals surface area (Å²) in [5, 5.41) is 16.9. The first-order valence-corrected chi connectivity index (χ1v) is 10.4. The summed E-state index contributed by atoms with van der Waals surface area (Å²) < 4.78 is 41.5. The fourth-order valence-electron chi connectivity index (χ4n) is 4.39. The molecule has 31 heavy (non-hydrogen) atoms. The number of hydrogen-bond acceptors (Lipinski definition) is 4. The summed E-state index contributed by atoms with van der Waals surface area (Å²) in [6.45, 7) is 1.79. The van der Waals surface area contributed by atoms with Gasteiger partial charge in [0.05, 0.1) is 18.3 Å². The standard InChI is InChI=1S/C22H24F3N3O3/c1-13-8-14(10-15(9-13)22(23,24)25)21(6-2-3-7-21)12-28-11-17(29)19(30)18(27-28)20(31)26-16-4-5-16/h8-11,16,29H,2-7,12H2,1H3,(H,26,31). The number of aromatic hydroxyl groups is 1. The van der Waals surface area contributed by atoms with Crippen molar-refractivity contribution in [3.05, 3.63) is 57.0 Å². The lowest BCUT2D eigenvalue weighted by Gasteiger charge is -2.31. The van der Waals surface area contributed by atoms with Crippen LogP contribution in [-0.2, 0) is 18.1 Å². The van der Waals surface area contributed by atoms with Crippen molar-refractivity contribution in [1.29, 1.82) is 0 Å². The van der Waals surface area contributed by atoms with E-state index in [0.29, 0.717) is 24.0 Å². The molecule has 1 aromatic heterocycles. The van der Waals surface area contributed by atoms with E-state index in [0.717, 1.165) is 37.9 Å². The van der Waals surface area contributed by atoms with Crippen LogP contribution >= 0.6 is 0 Å². The highest BCUT2D eigenvalue weighted by molar-refractivity contribution is 5.92. The molecule has 9 heteroatoms. The van der Waals surface area contributed by atoms with Crippen molar-refractivity contribution in [1.82, 2.24) is 15.1 Å². The van der Waals surface area contributed by atoms with Crippen LogP contribution in [0.5, 0.6) is 5.75 Å². The Labute approximate surface area is 177 Å². The number of nitrogens with zero attached hydrogens (tertiary/aromatic N) is 2. The third-order valence-corrected chi connectivity index (χ3v) is 6.12. The van der Waals surface area contributed by atoms with Crippen molar-refractivity contribution in [3.63, 3.8) is 0 Å². The molecule has 2 fully saturated rings. The molecule has 0 spiro atoms. The van der Waals surface area contributed by atoms with Gasteiger partial charge in [-0.25, -0.2) is 0 Å². The first kappa shape index (κ1) is 21.4. The summed E-state index contributed by atoms with van der Waals surface area (Å²) in [4.78, 5) is 24.6. The number of amides is 1. The van der Waals surface area contributed by atoms with Gasteiger partial charge in [-0.3, -0.25) is 14.3 Å². The van der Waals surface area contributed by atoms with Crippen molar-refractivity contribution in [3.8, 4) is 5.75 Å². The van der Waals surface area contributed by atoms with Gasteiger partial charge < -0.3 is 10.4 Å². The van der Waals surface area contributed by atoms with E-state index in [1.807, 2.05) is 0 Å². The molecule has 2 aliphatic rings. The maximum atomic E-state index is 13.4. The Bertz CT molecular complexity index is 1070. The average Bonchev–Trinajstić information content (AvgIpc) is 3.37. The quantitative estimate of drug-likeness (QED) is 0.751. The lowest BCUT2D eigenvalue weighted by molar-refractivity contribution is -0.137. The van der Waals surface area contributed by atoms with Crippen LogP contribution in [0.25, 0.3) is 0 Å². The zero-order chi connectivity index (χ0) is 22.4. The van der Waals surface area contributed by atoms with Gasteiger partial charge in [0.25, 0.3) is 11.3 Å². The second kappa shape index (κ2) is 7.69. The van der Waals surface area contributed by atoms with Crippen LogP contribution in [0.2, 0.25) is 0 Å². The molecule has 2 N–H and O–H groups in total. The van der Waals surface area contributed by atoms with Crippen molar-refractivity contribution in [2.45, 2.75) is 69.6 Å². The van der Waals surface area contributed by atoms with Crippen LogP contribution in [0, 0.1) is 6.92 Å². The Morgan fingerprint density at radius 1 is 1.26 bits per heavy atom.